The maximum atomic E-state index is 12.5. The first-order valence-electron chi connectivity index (χ1n) is 8.39. The molecule has 0 aliphatic carbocycles. The van der Waals surface area contributed by atoms with Crippen LogP contribution in [0.5, 0.6) is 5.75 Å². The summed E-state index contributed by atoms with van der Waals surface area (Å²) < 4.78 is 5.21. The molecule has 2 atom stereocenters. The molecule has 0 bridgehead atoms. The van der Waals surface area contributed by atoms with Gasteiger partial charge in [0.05, 0.1) is 19.1 Å². The molecule has 122 valence electrons. The highest BCUT2D eigenvalue weighted by Gasteiger charge is 2.23. The lowest BCUT2D eigenvalue weighted by molar-refractivity contribution is -0.126. The quantitative estimate of drug-likeness (QED) is 0.814. The molecule has 1 saturated heterocycles. The number of benzene rings is 1. The van der Waals surface area contributed by atoms with Crippen LogP contribution in [0.3, 0.4) is 0 Å². The van der Waals surface area contributed by atoms with Crippen LogP contribution in [0.2, 0.25) is 0 Å². The fourth-order valence-corrected chi connectivity index (χ4v) is 2.93. The number of amides is 1. The van der Waals surface area contributed by atoms with Crippen LogP contribution in [0.25, 0.3) is 0 Å². The molecule has 2 rings (SSSR count). The van der Waals surface area contributed by atoms with Crippen LogP contribution in [0.15, 0.2) is 24.3 Å². The molecule has 1 fully saturated rings. The number of hydrogen-bond donors (Lipinski definition) is 2. The smallest absolute Gasteiger partial charge is 0.224 e. The molecule has 0 aromatic heterocycles. The summed E-state index contributed by atoms with van der Waals surface area (Å²) in [6.07, 6.45) is 5.30. The molecule has 1 aliphatic heterocycles. The van der Waals surface area contributed by atoms with Gasteiger partial charge in [-0.05, 0) is 43.5 Å². The second-order valence-electron chi connectivity index (χ2n) is 6.02. The summed E-state index contributed by atoms with van der Waals surface area (Å²) in [5, 5.41) is 6.57. The molecule has 2 unspecified atom stereocenters. The molecule has 2 N–H and O–H groups in total. The summed E-state index contributed by atoms with van der Waals surface area (Å²) in [6, 6.07) is 8.13. The van der Waals surface area contributed by atoms with E-state index < -0.39 is 0 Å². The Kier molecular flexibility index (Phi) is 6.72. The first kappa shape index (κ1) is 16.8. The van der Waals surface area contributed by atoms with E-state index >= 15 is 0 Å². The normalized spacial score (nSPS) is 19.5. The van der Waals surface area contributed by atoms with Crippen molar-refractivity contribution < 1.29 is 9.53 Å². The average Bonchev–Trinajstić information content (AvgIpc) is 2.59. The minimum Gasteiger partial charge on any atom is -0.497 e. The highest BCUT2D eigenvalue weighted by molar-refractivity contribution is 5.79. The van der Waals surface area contributed by atoms with Crippen LogP contribution >= 0.6 is 0 Å². The molecule has 4 nitrogen and oxygen atoms in total. The molecule has 1 aromatic rings. The first-order valence-corrected chi connectivity index (χ1v) is 8.39. The average molecular weight is 304 g/mol. The van der Waals surface area contributed by atoms with E-state index in [2.05, 4.69) is 29.7 Å². The van der Waals surface area contributed by atoms with Crippen LogP contribution in [-0.2, 0) is 4.79 Å². The van der Waals surface area contributed by atoms with Gasteiger partial charge >= 0.3 is 0 Å². The van der Waals surface area contributed by atoms with Crippen molar-refractivity contribution in [3.05, 3.63) is 29.8 Å². The van der Waals surface area contributed by atoms with Gasteiger partial charge in [-0.15, -0.1) is 0 Å². The highest BCUT2D eigenvalue weighted by Crippen LogP contribution is 2.23. The zero-order chi connectivity index (χ0) is 15.8. The first-order chi connectivity index (χ1) is 10.7. The number of ether oxygens (including phenoxy) is 1. The summed E-state index contributed by atoms with van der Waals surface area (Å²) in [5.41, 5.74) is 1.16. The van der Waals surface area contributed by atoms with Crippen molar-refractivity contribution in [3.63, 3.8) is 0 Å². The fraction of sp³-hybridized carbons (Fsp3) is 0.611. The van der Waals surface area contributed by atoms with Crippen LogP contribution in [0, 0.1) is 5.92 Å². The number of hydrogen-bond acceptors (Lipinski definition) is 3. The van der Waals surface area contributed by atoms with E-state index in [1.54, 1.807) is 7.11 Å². The number of methoxy groups -OCH3 is 1. The highest BCUT2D eigenvalue weighted by atomic mass is 16.5. The molecular weight excluding hydrogens is 276 g/mol. The fourth-order valence-electron chi connectivity index (χ4n) is 2.93. The zero-order valence-corrected chi connectivity index (χ0v) is 13.7. The van der Waals surface area contributed by atoms with Crippen LogP contribution < -0.4 is 15.4 Å². The Bertz CT molecular complexity index is 453. The van der Waals surface area contributed by atoms with Crippen molar-refractivity contribution in [1.29, 1.82) is 0 Å². The van der Waals surface area contributed by atoms with Gasteiger partial charge in [-0.2, -0.15) is 0 Å². The third kappa shape index (κ3) is 4.73. The number of unbranched alkanes of at least 4 members (excludes halogenated alkanes) is 1. The number of nitrogens with one attached hydrogen (secondary N) is 2. The van der Waals surface area contributed by atoms with Gasteiger partial charge in [0.15, 0.2) is 0 Å². The molecule has 0 spiro atoms. The largest absolute Gasteiger partial charge is 0.497 e. The van der Waals surface area contributed by atoms with Crippen molar-refractivity contribution in [2.24, 2.45) is 5.92 Å². The molecule has 4 heteroatoms. The Labute approximate surface area is 133 Å². The lowest BCUT2D eigenvalue weighted by Gasteiger charge is -2.26. The van der Waals surface area contributed by atoms with E-state index in [0.717, 1.165) is 56.5 Å². The zero-order valence-electron chi connectivity index (χ0n) is 13.7. The lowest BCUT2D eigenvalue weighted by atomic mass is 9.96. The Morgan fingerprint density at radius 1 is 1.41 bits per heavy atom. The number of carbonyl (C=O) groups is 1. The van der Waals surface area contributed by atoms with E-state index in [1.165, 1.54) is 0 Å². The summed E-state index contributed by atoms with van der Waals surface area (Å²) in [5.74, 6) is 1.14. The van der Waals surface area contributed by atoms with Gasteiger partial charge in [-0.3, -0.25) is 4.79 Å². The lowest BCUT2D eigenvalue weighted by Crippen LogP contribution is -2.41. The van der Waals surface area contributed by atoms with Crippen molar-refractivity contribution in [3.8, 4) is 5.75 Å². The number of rotatable bonds is 7. The van der Waals surface area contributed by atoms with E-state index in [9.17, 15) is 4.79 Å². The van der Waals surface area contributed by atoms with Gasteiger partial charge in [0.2, 0.25) is 5.91 Å². The topological polar surface area (TPSA) is 50.4 Å². The summed E-state index contributed by atoms with van der Waals surface area (Å²) in [7, 11) is 1.67. The maximum Gasteiger partial charge on any atom is 0.224 e. The molecule has 22 heavy (non-hydrogen) atoms. The summed E-state index contributed by atoms with van der Waals surface area (Å²) in [6.45, 7) is 4.01. The van der Waals surface area contributed by atoms with Gasteiger partial charge < -0.3 is 15.4 Å². The minimum atomic E-state index is 0.0975. The third-order valence-electron chi connectivity index (χ3n) is 4.35. The molecule has 0 radical (unpaired) electrons. The van der Waals surface area contributed by atoms with Gasteiger partial charge in [0.25, 0.3) is 0 Å². The van der Waals surface area contributed by atoms with Crippen LogP contribution in [0.1, 0.15) is 50.6 Å². The van der Waals surface area contributed by atoms with E-state index in [-0.39, 0.29) is 17.9 Å². The molecule has 1 aliphatic rings. The second kappa shape index (κ2) is 8.79. The molecular formula is C18H28N2O2. The predicted octanol–water partition coefficient (Wildman–Crippen LogP) is 3.04. The summed E-state index contributed by atoms with van der Waals surface area (Å²) >= 11 is 0. The van der Waals surface area contributed by atoms with E-state index in [1.807, 2.05) is 12.1 Å². The van der Waals surface area contributed by atoms with Crippen molar-refractivity contribution in [2.45, 2.75) is 45.1 Å². The van der Waals surface area contributed by atoms with Gasteiger partial charge in [-0.1, -0.05) is 31.9 Å². The second-order valence-corrected chi connectivity index (χ2v) is 6.02. The molecule has 1 heterocycles. The Morgan fingerprint density at radius 2 is 2.18 bits per heavy atom. The number of carbonyl (C=O) groups excluding carboxylic acids is 1. The predicted molar refractivity (Wildman–Crippen MR) is 89.0 cm³/mol. The monoisotopic (exact) mass is 304 g/mol. The van der Waals surface area contributed by atoms with Crippen molar-refractivity contribution in [2.75, 3.05) is 20.2 Å². The molecule has 0 saturated carbocycles. The Hall–Kier alpha value is -1.55. The molecule has 1 amide bonds. The Balaban J connectivity index is 2.02. The van der Waals surface area contributed by atoms with Crippen LogP contribution in [-0.4, -0.2) is 26.1 Å². The van der Waals surface area contributed by atoms with Crippen molar-refractivity contribution >= 4 is 5.91 Å². The van der Waals surface area contributed by atoms with E-state index in [4.69, 9.17) is 4.74 Å². The Morgan fingerprint density at radius 3 is 2.77 bits per heavy atom. The maximum absolute atomic E-state index is 12.5. The number of piperidine rings is 1. The third-order valence-corrected chi connectivity index (χ3v) is 4.35. The standard InChI is InChI=1S/C18H28N2O2/c1-3-4-7-17(14-8-10-16(22-2)11-9-14)20-18(21)15-6-5-12-19-13-15/h8-11,15,17,19H,3-7,12-13H2,1-2H3,(H,20,21). The van der Waals surface area contributed by atoms with Gasteiger partial charge in [-0.25, -0.2) is 0 Å². The molecule has 1 aromatic carbocycles. The van der Waals surface area contributed by atoms with Gasteiger partial charge in [0, 0.05) is 6.54 Å². The van der Waals surface area contributed by atoms with Crippen molar-refractivity contribution in [1.82, 2.24) is 10.6 Å². The van der Waals surface area contributed by atoms with Crippen LogP contribution in [0.4, 0.5) is 0 Å². The minimum absolute atomic E-state index is 0.0975. The SMILES string of the molecule is CCCCC(NC(=O)C1CCCNC1)c1ccc(OC)cc1. The van der Waals surface area contributed by atoms with E-state index in [0.29, 0.717) is 0 Å². The summed E-state index contributed by atoms with van der Waals surface area (Å²) in [4.78, 5) is 12.5. The van der Waals surface area contributed by atoms with Gasteiger partial charge in [0.1, 0.15) is 5.75 Å².